The van der Waals surface area contributed by atoms with E-state index in [1.807, 2.05) is 6.92 Å². The molecule has 1 heterocycles. The number of alkyl halides is 3. The Kier molecular flexibility index (Phi) is 2.17. The number of hydrogen-bond donors (Lipinski definition) is 0. The molecule has 1 aliphatic heterocycles. The van der Waals surface area contributed by atoms with Gasteiger partial charge < -0.3 is 4.74 Å². The van der Waals surface area contributed by atoms with E-state index in [1.54, 1.807) is 6.21 Å². The molecule has 0 bridgehead atoms. The first kappa shape index (κ1) is 10.0. The minimum atomic E-state index is -4.64. The summed E-state index contributed by atoms with van der Waals surface area (Å²) in [5, 5.41) is 0. The van der Waals surface area contributed by atoms with Crippen LogP contribution >= 0.6 is 0 Å². The van der Waals surface area contributed by atoms with E-state index in [0.717, 1.165) is 5.56 Å². The van der Waals surface area contributed by atoms with Crippen LogP contribution in [0.2, 0.25) is 0 Å². The second-order valence-electron chi connectivity index (χ2n) is 3.34. The second-order valence-corrected chi connectivity index (χ2v) is 3.34. The van der Waals surface area contributed by atoms with Gasteiger partial charge >= 0.3 is 6.36 Å². The first-order valence-corrected chi connectivity index (χ1v) is 4.39. The number of fused-ring (bicyclic) bond motifs is 1. The summed E-state index contributed by atoms with van der Waals surface area (Å²) in [6, 6.07) is 4.17. The number of halogens is 3. The van der Waals surface area contributed by atoms with Crippen molar-refractivity contribution < 1.29 is 17.9 Å². The van der Waals surface area contributed by atoms with Gasteiger partial charge in [-0.15, -0.1) is 13.2 Å². The summed E-state index contributed by atoms with van der Waals surface area (Å²) in [5.74, 6) is -0.157. The summed E-state index contributed by atoms with van der Waals surface area (Å²) in [6.45, 7) is 1.87. The minimum absolute atomic E-state index is 0.0387. The first-order chi connectivity index (χ1) is 6.96. The molecule has 0 amide bonds. The molecule has 1 aliphatic rings. The number of benzene rings is 1. The van der Waals surface area contributed by atoms with Crippen molar-refractivity contribution in [3.63, 3.8) is 0 Å². The van der Waals surface area contributed by atoms with Crippen LogP contribution in [0.3, 0.4) is 0 Å². The Balaban J connectivity index is 2.28. The third-order valence-corrected chi connectivity index (χ3v) is 2.16. The number of hydrogen-bond acceptors (Lipinski definition) is 2. The van der Waals surface area contributed by atoms with Crippen LogP contribution in [0.1, 0.15) is 18.4 Å². The van der Waals surface area contributed by atoms with Crippen LogP contribution in [-0.4, -0.2) is 12.6 Å². The monoisotopic (exact) mass is 215 g/mol. The number of aliphatic imine (C=N–C) groups is 1. The van der Waals surface area contributed by atoms with Gasteiger partial charge in [-0.05, 0) is 23.8 Å². The zero-order valence-electron chi connectivity index (χ0n) is 7.88. The van der Waals surface area contributed by atoms with Crippen LogP contribution < -0.4 is 4.74 Å². The summed E-state index contributed by atoms with van der Waals surface area (Å²) in [7, 11) is 0. The minimum Gasteiger partial charge on any atom is -0.406 e. The fourth-order valence-electron chi connectivity index (χ4n) is 1.48. The fourth-order valence-corrected chi connectivity index (χ4v) is 1.48. The lowest BCUT2D eigenvalue weighted by atomic mass is 10.0. The molecule has 1 unspecified atom stereocenters. The summed E-state index contributed by atoms with van der Waals surface area (Å²) in [4.78, 5) is 4.06. The SMILES string of the molecule is CC1C=Nc2ccc(OC(F)(F)F)cc21. The van der Waals surface area contributed by atoms with E-state index in [2.05, 4.69) is 9.73 Å². The average Bonchev–Trinajstić information content (AvgIpc) is 2.45. The highest BCUT2D eigenvalue weighted by molar-refractivity contribution is 5.80. The summed E-state index contributed by atoms with van der Waals surface area (Å²) >= 11 is 0. The summed E-state index contributed by atoms with van der Waals surface area (Å²) in [6.07, 6.45) is -2.95. The van der Waals surface area contributed by atoms with E-state index < -0.39 is 6.36 Å². The Hall–Kier alpha value is -1.52. The van der Waals surface area contributed by atoms with E-state index in [9.17, 15) is 13.2 Å². The molecule has 1 aromatic rings. The maximum Gasteiger partial charge on any atom is 0.573 e. The molecule has 0 N–H and O–H groups in total. The van der Waals surface area contributed by atoms with Gasteiger partial charge in [0.2, 0.25) is 0 Å². The van der Waals surface area contributed by atoms with Crippen molar-refractivity contribution in [3.8, 4) is 5.75 Å². The summed E-state index contributed by atoms with van der Waals surface area (Å²) in [5.41, 5.74) is 1.47. The van der Waals surface area contributed by atoms with Gasteiger partial charge in [0.25, 0.3) is 0 Å². The van der Waals surface area contributed by atoms with Gasteiger partial charge in [0.1, 0.15) is 5.75 Å². The molecule has 1 aromatic carbocycles. The van der Waals surface area contributed by atoms with Crippen molar-refractivity contribution in [2.24, 2.45) is 4.99 Å². The van der Waals surface area contributed by atoms with E-state index in [-0.39, 0.29) is 11.7 Å². The van der Waals surface area contributed by atoms with Crippen LogP contribution in [0.5, 0.6) is 5.75 Å². The highest BCUT2D eigenvalue weighted by atomic mass is 19.4. The Bertz CT molecular complexity index is 412. The quantitative estimate of drug-likeness (QED) is 0.703. The molecule has 5 heteroatoms. The molecule has 2 rings (SSSR count). The Labute approximate surface area is 84.4 Å². The molecule has 80 valence electrons. The molecule has 0 aromatic heterocycles. The van der Waals surface area contributed by atoms with Crippen LogP contribution in [0.15, 0.2) is 23.2 Å². The normalized spacial score (nSPS) is 19.1. The lowest BCUT2D eigenvalue weighted by molar-refractivity contribution is -0.274. The van der Waals surface area contributed by atoms with E-state index >= 15 is 0 Å². The molecule has 0 spiro atoms. The maximum absolute atomic E-state index is 11.9. The van der Waals surface area contributed by atoms with Crippen molar-refractivity contribution >= 4 is 11.9 Å². The fraction of sp³-hybridized carbons (Fsp3) is 0.300. The molecular formula is C10H8F3NO. The molecule has 1 atom stereocenters. The molecule has 15 heavy (non-hydrogen) atoms. The molecule has 0 radical (unpaired) electrons. The summed E-state index contributed by atoms with van der Waals surface area (Å²) < 4.78 is 39.6. The number of rotatable bonds is 1. The number of ether oxygens (including phenoxy) is 1. The Morgan fingerprint density at radius 2 is 2.07 bits per heavy atom. The second kappa shape index (κ2) is 3.25. The zero-order chi connectivity index (χ0) is 11.1. The highest BCUT2D eigenvalue weighted by Gasteiger charge is 2.31. The molecular weight excluding hydrogens is 207 g/mol. The van der Waals surface area contributed by atoms with Crippen LogP contribution in [0, 0.1) is 0 Å². The van der Waals surface area contributed by atoms with Gasteiger partial charge in [-0.3, -0.25) is 4.99 Å². The molecule has 2 nitrogen and oxygen atoms in total. The van der Waals surface area contributed by atoms with Gasteiger partial charge in [-0.1, -0.05) is 6.92 Å². The van der Waals surface area contributed by atoms with Crippen LogP contribution in [0.4, 0.5) is 18.9 Å². The Morgan fingerprint density at radius 3 is 2.73 bits per heavy atom. The predicted octanol–water partition coefficient (Wildman–Crippen LogP) is 3.40. The maximum atomic E-state index is 11.9. The first-order valence-electron chi connectivity index (χ1n) is 4.39. The highest BCUT2D eigenvalue weighted by Crippen LogP contribution is 2.35. The zero-order valence-corrected chi connectivity index (χ0v) is 7.88. The third kappa shape index (κ3) is 2.11. The van der Waals surface area contributed by atoms with Gasteiger partial charge in [-0.25, -0.2) is 0 Å². The number of nitrogens with zero attached hydrogens (tertiary/aromatic N) is 1. The van der Waals surface area contributed by atoms with Crippen molar-refractivity contribution in [2.75, 3.05) is 0 Å². The van der Waals surface area contributed by atoms with Crippen LogP contribution in [0.25, 0.3) is 0 Å². The third-order valence-electron chi connectivity index (χ3n) is 2.16. The standard InChI is InChI=1S/C10H8F3NO/c1-6-5-14-9-3-2-7(4-8(6)9)15-10(11,12)13/h2-6H,1H3. The molecule has 0 fully saturated rings. The van der Waals surface area contributed by atoms with Crippen molar-refractivity contribution in [1.29, 1.82) is 0 Å². The van der Waals surface area contributed by atoms with Gasteiger partial charge in [0.05, 0.1) is 5.69 Å². The lowest BCUT2D eigenvalue weighted by Crippen LogP contribution is -2.17. The van der Waals surface area contributed by atoms with Gasteiger partial charge in [-0.2, -0.15) is 0 Å². The average molecular weight is 215 g/mol. The van der Waals surface area contributed by atoms with E-state index in [1.165, 1.54) is 18.2 Å². The van der Waals surface area contributed by atoms with Crippen molar-refractivity contribution in [2.45, 2.75) is 19.2 Å². The van der Waals surface area contributed by atoms with E-state index in [0.29, 0.717) is 5.69 Å². The van der Waals surface area contributed by atoms with E-state index in [4.69, 9.17) is 0 Å². The predicted molar refractivity (Wildman–Crippen MR) is 49.7 cm³/mol. The molecule has 0 aliphatic carbocycles. The van der Waals surface area contributed by atoms with Crippen LogP contribution in [-0.2, 0) is 0 Å². The smallest absolute Gasteiger partial charge is 0.406 e. The largest absolute Gasteiger partial charge is 0.573 e. The molecule has 0 saturated carbocycles. The van der Waals surface area contributed by atoms with Gasteiger partial charge in [0, 0.05) is 12.1 Å². The van der Waals surface area contributed by atoms with Crippen molar-refractivity contribution in [3.05, 3.63) is 23.8 Å². The Morgan fingerprint density at radius 1 is 1.33 bits per heavy atom. The van der Waals surface area contributed by atoms with Crippen molar-refractivity contribution in [1.82, 2.24) is 0 Å². The lowest BCUT2D eigenvalue weighted by Gasteiger charge is -2.10. The molecule has 0 saturated heterocycles. The van der Waals surface area contributed by atoms with Gasteiger partial charge in [0.15, 0.2) is 0 Å². The topological polar surface area (TPSA) is 21.6 Å².